The van der Waals surface area contributed by atoms with Crippen molar-refractivity contribution in [1.29, 1.82) is 0 Å². The SMILES string of the molecule is Cc1cc(C)c([C@@H](C)NC(=O)CN(CCc2ccccc2)S(=O)(=O)c2ccc(Cl)cc2)cc1C. The standard InChI is InChI=1S/C27H31ClN2O3S/c1-19-16-21(3)26(17-20(19)2)22(4)29-27(31)18-30(15-14-23-8-6-5-7-9-23)34(32,33)25-12-10-24(28)11-13-25/h5-13,16-17,22H,14-15,18H2,1-4H3,(H,29,31)/t22-/m1/s1. The van der Waals surface area contributed by atoms with Crippen LogP contribution in [-0.2, 0) is 21.2 Å². The number of hydrogen-bond acceptors (Lipinski definition) is 3. The second-order valence-corrected chi connectivity index (χ2v) is 11.0. The number of carbonyl (C=O) groups excluding carboxylic acids is 1. The molecule has 0 spiro atoms. The highest BCUT2D eigenvalue weighted by Gasteiger charge is 2.27. The van der Waals surface area contributed by atoms with Crippen LogP contribution in [0, 0.1) is 20.8 Å². The molecule has 0 fully saturated rings. The fourth-order valence-electron chi connectivity index (χ4n) is 3.91. The Kier molecular flexibility index (Phi) is 8.52. The molecule has 0 saturated heterocycles. The van der Waals surface area contributed by atoms with Crippen molar-refractivity contribution in [3.8, 4) is 0 Å². The van der Waals surface area contributed by atoms with Gasteiger partial charge in [-0.1, -0.05) is 54.1 Å². The lowest BCUT2D eigenvalue weighted by Crippen LogP contribution is -2.42. The van der Waals surface area contributed by atoms with E-state index >= 15 is 0 Å². The topological polar surface area (TPSA) is 66.5 Å². The lowest BCUT2D eigenvalue weighted by Gasteiger charge is -2.24. The average molecular weight is 499 g/mol. The summed E-state index contributed by atoms with van der Waals surface area (Å²) in [5.74, 6) is -0.351. The number of hydrogen-bond donors (Lipinski definition) is 1. The van der Waals surface area contributed by atoms with Gasteiger partial charge in [0.15, 0.2) is 0 Å². The molecule has 34 heavy (non-hydrogen) atoms. The van der Waals surface area contributed by atoms with Crippen molar-refractivity contribution < 1.29 is 13.2 Å². The van der Waals surface area contributed by atoms with Crippen LogP contribution in [-0.4, -0.2) is 31.7 Å². The molecule has 180 valence electrons. The predicted molar refractivity (Wildman–Crippen MR) is 138 cm³/mol. The van der Waals surface area contributed by atoms with Gasteiger partial charge in [0.25, 0.3) is 0 Å². The summed E-state index contributed by atoms with van der Waals surface area (Å²) in [6, 6.07) is 19.5. The number of halogens is 1. The van der Waals surface area contributed by atoms with E-state index in [-0.39, 0.29) is 29.9 Å². The molecule has 0 radical (unpaired) electrons. The van der Waals surface area contributed by atoms with Gasteiger partial charge in [0.1, 0.15) is 0 Å². The number of nitrogens with zero attached hydrogens (tertiary/aromatic N) is 1. The van der Waals surface area contributed by atoms with Gasteiger partial charge in [-0.2, -0.15) is 4.31 Å². The van der Waals surface area contributed by atoms with Crippen LogP contribution < -0.4 is 5.32 Å². The van der Waals surface area contributed by atoms with Crippen LogP contribution in [0.4, 0.5) is 0 Å². The first-order valence-electron chi connectivity index (χ1n) is 11.2. The highest BCUT2D eigenvalue weighted by molar-refractivity contribution is 7.89. The third-order valence-corrected chi connectivity index (χ3v) is 8.10. The molecule has 0 bridgehead atoms. The molecule has 0 saturated carbocycles. The molecule has 0 aliphatic heterocycles. The second kappa shape index (κ2) is 11.2. The monoisotopic (exact) mass is 498 g/mol. The number of aryl methyl sites for hydroxylation is 3. The summed E-state index contributed by atoms with van der Waals surface area (Å²) >= 11 is 5.94. The largest absolute Gasteiger partial charge is 0.348 e. The van der Waals surface area contributed by atoms with Gasteiger partial charge in [-0.05, 0) is 86.2 Å². The molecule has 0 aliphatic rings. The summed E-state index contributed by atoms with van der Waals surface area (Å²) in [4.78, 5) is 13.1. The molecular formula is C27H31ClN2O3S. The Morgan fingerprint density at radius 3 is 2.21 bits per heavy atom. The number of amides is 1. The number of rotatable bonds is 9. The highest BCUT2D eigenvalue weighted by Crippen LogP contribution is 2.22. The minimum Gasteiger partial charge on any atom is -0.348 e. The summed E-state index contributed by atoms with van der Waals surface area (Å²) in [7, 11) is -3.89. The zero-order valence-electron chi connectivity index (χ0n) is 20.0. The molecule has 0 unspecified atom stereocenters. The van der Waals surface area contributed by atoms with Crippen LogP contribution in [0.15, 0.2) is 71.6 Å². The zero-order chi connectivity index (χ0) is 24.9. The van der Waals surface area contributed by atoms with Crippen molar-refractivity contribution in [1.82, 2.24) is 9.62 Å². The van der Waals surface area contributed by atoms with Crippen molar-refractivity contribution in [2.45, 2.75) is 45.1 Å². The Morgan fingerprint density at radius 2 is 1.56 bits per heavy atom. The predicted octanol–water partition coefficient (Wildman–Crippen LogP) is 5.38. The van der Waals surface area contributed by atoms with Gasteiger partial charge in [-0.3, -0.25) is 4.79 Å². The maximum Gasteiger partial charge on any atom is 0.243 e. The molecule has 0 heterocycles. The Morgan fingerprint density at radius 1 is 0.941 bits per heavy atom. The lowest BCUT2D eigenvalue weighted by molar-refractivity contribution is -0.121. The van der Waals surface area contributed by atoms with Crippen molar-refractivity contribution in [2.24, 2.45) is 0 Å². The first-order chi connectivity index (χ1) is 16.1. The quantitative estimate of drug-likeness (QED) is 0.431. The van der Waals surface area contributed by atoms with E-state index in [0.29, 0.717) is 11.4 Å². The van der Waals surface area contributed by atoms with Crippen LogP contribution in [0.25, 0.3) is 0 Å². The number of nitrogens with one attached hydrogen (secondary N) is 1. The summed E-state index contributed by atoms with van der Waals surface area (Å²) < 4.78 is 28.0. The van der Waals surface area contributed by atoms with Crippen molar-refractivity contribution in [2.75, 3.05) is 13.1 Å². The molecule has 7 heteroatoms. The third kappa shape index (κ3) is 6.47. The lowest BCUT2D eigenvalue weighted by atomic mass is 9.96. The first-order valence-corrected chi connectivity index (χ1v) is 13.1. The molecule has 3 rings (SSSR count). The average Bonchev–Trinajstić information content (AvgIpc) is 2.79. The van der Waals surface area contributed by atoms with E-state index in [4.69, 9.17) is 11.6 Å². The van der Waals surface area contributed by atoms with Gasteiger partial charge in [0.2, 0.25) is 15.9 Å². The van der Waals surface area contributed by atoms with Gasteiger partial charge in [-0.15, -0.1) is 0 Å². The van der Waals surface area contributed by atoms with Crippen LogP contribution in [0.2, 0.25) is 5.02 Å². The molecular weight excluding hydrogens is 468 g/mol. The Labute approximate surface area is 207 Å². The van der Waals surface area contributed by atoms with E-state index in [1.807, 2.05) is 51.1 Å². The van der Waals surface area contributed by atoms with Crippen molar-refractivity contribution in [3.05, 3.63) is 99.6 Å². The minimum absolute atomic E-state index is 0.107. The van der Waals surface area contributed by atoms with E-state index in [0.717, 1.165) is 22.3 Å². The van der Waals surface area contributed by atoms with Gasteiger partial charge in [-0.25, -0.2) is 8.42 Å². The summed E-state index contributed by atoms with van der Waals surface area (Å²) in [6.07, 6.45) is 0.493. The first kappa shape index (κ1) is 25.9. The summed E-state index contributed by atoms with van der Waals surface area (Å²) in [5.41, 5.74) is 5.45. The molecule has 0 aromatic heterocycles. The minimum atomic E-state index is -3.89. The van der Waals surface area contributed by atoms with Gasteiger partial charge < -0.3 is 5.32 Å². The molecule has 0 aliphatic carbocycles. The smallest absolute Gasteiger partial charge is 0.243 e. The van der Waals surface area contributed by atoms with Crippen LogP contribution >= 0.6 is 11.6 Å². The third-order valence-electron chi connectivity index (χ3n) is 5.99. The molecule has 1 amide bonds. The van der Waals surface area contributed by atoms with E-state index in [9.17, 15) is 13.2 Å². The fraction of sp³-hybridized carbons (Fsp3) is 0.296. The van der Waals surface area contributed by atoms with E-state index < -0.39 is 10.0 Å². The maximum absolute atomic E-state index is 13.4. The molecule has 1 N–H and O–H groups in total. The second-order valence-electron chi connectivity index (χ2n) is 8.61. The Bertz CT molecular complexity index is 1240. The number of sulfonamides is 1. The summed E-state index contributed by atoms with van der Waals surface area (Å²) in [6.45, 7) is 7.93. The van der Waals surface area contributed by atoms with E-state index in [1.165, 1.54) is 34.1 Å². The molecule has 3 aromatic carbocycles. The Hall–Kier alpha value is -2.67. The van der Waals surface area contributed by atoms with Gasteiger partial charge in [0.05, 0.1) is 17.5 Å². The molecule has 1 atom stereocenters. The van der Waals surface area contributed by atoms with Crippen LogP contribution in [0.3, 0.4) is 0 Å². The molecule has 5 nitrogen and oxygen atoms in total. The fourth-order valence-corrected chi connectivity index (χ4v) is 5.44. The number of benzene rings is 3. The van der Waals surface area contributed by atoms with Crippen molar-refractivity contribution in [3.63, 3.8) is 0 Å². The van der Waals surface area contributed by atoms with Gasteiger partial charge in [0, 0.05) is 11.6 Å². The van der Waals surface area contributed by atoms with Crippen LogP contribution in [0.1, 0.15) is 40.8 Å². The Balaban J connectivity index is 1.80. The molecule has 3 aromatic rings. The van der Waals surface area contributed by atoms with Gasteiger partial charge >= 0.3 is 0 Å². The number of carbonyl (C=O) groups is 1. The highest BCUT2D eigenvalue weighted by atomic mass is 35.5. The van der Waals surface area contributed by atoms with E-state index in [2.05, 4.69) is 24.4 Å². The van der Waals surface area contributed by atoms with E-state index in [1.54, 1.807) is 0 Å². The summed E-state index contributed by atoms with van der Waals surface area (Å²) in [5, 5.41) is 3.43. The van der Waals surface area contributed by atoms with Crippen LogP contribution in [0.5, 0.6) is 0 Å². The van der Waals surface area contributed by atoms with Crippen molar-refractivity contribution >= 4 is 27.5 Å². The normalized spacial score (nSPS) is 12.5. The maximum atomic E-state index is 13.4. The zero-order valence-corrected chi connectivity index (χ0v) is 21.6.